The molecule has 0 bridgehead atoms. The van der Waals surface area contributed by atoms with E-state index in [-0.39, 0.29) is 24.7 Å². The van der Waals surface area contributed by atoms with Gasteiger partial charge < -0.3 is 10.2 Å². The molecule has 1 aliphatic rings. The van der Waals surface area contributed by atoms with E-state index in [2.05, 4.69) is 10.3 Å². The van der Waals surface area contributed by atoms with Gasteiger partial charge in [-0.15, -0.1) is 0 Å². The zero-order valence-corrected chi connectivity index (χ0v) is 17.3. The Balaban J connectivity index is 1.72. The quantitative estimate of drug-likeness (QED) is 0.474. The maximum atomic E-state index is 13.4. The van der Waals surface area contributed by atoms with Crippen LogP contribution in [0.1, 0.15) is 22.3 Å². The van der Waals surface area contributed by atoms with Crippen LogP contribution in [-0.4, -0.2) is 22.3 Å². The highest BCUT2D eigenvalue weighted by Crippen LogP contribution is 2.37. The van der Waals surface area contributed by atoms with Crippen molar-refractivity contribution in [1.29, 1.82) is 0 Å². The Kier molecular flexibility index (Phi) is 5.96. The molecule has 1 amide bonds. The summed E-state index contributed by atoms with van der Waals surface area (Å²) in [6.07, 6.45) is -8.51. The lowest BCUT2D eigenvalue weighted by Gasteiger charge is -2.23. The van der Waals surface area contributed by atoms with Gasteiger partial charge in [0.25, 0.3) is 0 Å². The molecule has 4 rings (SSSR count). The number of benzene rings is 2. The van der Waals surface area contributed by atoms with E-state index in [1.165, 1.54) is 30.5 Å². The van der Waals surface area contributed by atoms with Gasteiger partial charge in [0.1, 0.15) is 11.6 Å². The van der Waals surface area contributed by atoms with Crippen LogP contribution in [0.2, 0.25) is 0 Å². The summed E-state index contributed by atoms with van der Waals surface area (Å²) >= 11 is 0. The van der Waals surface area contributed by atoms with Gasteiger partial charge in [0.15, 0.2) is 0 Å². The minimum atomic E-state index is -4.99. The van der Waals surface area contributed by atoms with Crippen molar-refractivity contribution in [2.24, 2.45) is 0 Å². The predicted molar refractivity (Wildman–Crippen MR) is 109 cm³/mol. The number of nitrogens with one attached hydrogen (secondary N) is 1. The minimum Gasteiger partial charge on any atom is -0.361 e. The lowest BCUT2D eigenvalue weighted by molar-refractivity contribution is -0.143. The molecule has 0 radical (unpaired) electrons. The second kappa shape index (κ2) is 8.62. The monoisotopic (exact) mass is 483 g/mol. The van der Waals surface area contributed by atoms with Gasteiger partial charge in [0.05, 0.1) is 24.2 Å². The Bertz CT molecular complexity index is 1190. The van der Waals surface area contributed by atoms with Crippen LogP contribution in [0.3, 0.4) is 0 Å². The molecule has 0 aliphatic carbocycles. The van der Waals surface area contributed by atoms with Crippen molar-refractivity contribution in [3.63, 3.8) is 0 Å². The fraction of sp³-hybridized carbons (Fsp3) is 0.217. The van der Waals surface area contributed by atoms with Crippen molar-refractivity contribution in [3.05, 3.63) is 82.8 Å². The number of nitrogens with zero attached hydrogens (tertiary/aromatic N) is 2. The molecule has 0 unspecified atom stereocenters. The Morgan fingerprint density at radius 1 is 0.912 bits per heavy atom. The highest BCUT2D eigenvalue weighted by Gasteiger charge is 2.37. The first-order chi connectivity index (χ1) is 15.9. The van der Waals surface area contributed by atoms with E-state index in [1.54, 1.807) is 6.07 Å². The summed E-state index contributed by atoms with van der Waals surface area (Å²) in [5, 5.41) is 2.85. The van der Waals surface area contributed by atoms with E-state index in [1.807, 2.05) is 0 Å². The average molecular weight is 483 g/mol. The van der Waals surface area contributed by atoms with Crippen LogP contribution in [0.15, 0.2) is 54.7 Å². The lowest BCUT2D eigenvalue weighted by atomic mass is 10.00. The molecule has 1 aromatic heterocycles. The molecule has 3 aromatic rings. The molecule has 0 saturated carbocycles. The number of anilines is 1. The summed E-state index contributed by atoms with van der Waals surface area (Å²) < 4.78 is 92.7. The zero-order valence-electron chi connectivity index (χ0n) is 17.3. The molecule has 0 spiro atoms. The van der Waals surface area contributed by atoms with Gasteiger partial charge in [-0.05, 0) is 53.1 Å². The van der Waals surface area contributed by atoms with Gasteiger partial charge in [0.2, 0.25) is 5.91 Å². The molecule has 2 heterocycles. The second-order valence-corrected chi connectivity index (χ2v) is 7.71. The molecule has 34 heavy (non-hydrogen) atoms. The fourth-order valence-corrected chi connectivity index (χ4v) is 3.73. The van der Waals surface area contributed by atoms with E-state index >= 15 is 0 Å². The number of fused-ring (bicyclic) bond motifs is 1. The summed E-state index contributed by atoms with van der Waals surface area (Å²) in [5.41, 5.74) is -1.51. The zero-order chi connectivity index (χ0) is 24.7. The fourth-order valence-electron chi connectivity index (χ4n) is 3.73. The van der Waals surface area contributed by atoms with Crippen molar-refractivity contribution in [2.45, 2.75) is 25.4 Å². The van der Waals surface area contributed by atoms with Crippen LogP contribution in [-0.2, 0) is 30.2 Å². The molecule has 0 atom stereocenters. The van der Waals surface area contributed by atoms with Crippen LogP contribution >= 0.6 is 0 Å². The van der Waals surface area contributed by atoms with Crippen LogP contribution in [0.25, 0.3) is 11.1 Å². The van der Waals surface area contributed by atoms with Crippen molar-refractivity contribution in [2.75, 3.05) is 11.9 Å². The smallest absolute Gasteiger partial charge is 0.361 e. The number of rotatable bonds is 3. The van der Waals surface area contributed by atoms with E-state index in [4.69, 9.17) is 0 Å². The SMILES string of the molecule is O=C1CNc2nccc(-c3ccc(F)cc3)c2CN1Cc1cc(C(F)(F)F)cc(C(F)(F)F)c1. The molecule has 0 fully saturated rings. The van der Waals surface area contributed by atoms with Gasteiger partial charge in [-0.25, -0.2) is 9.37 Å². The standard InChI is InChI=1S/C23H16F7N3O/c24-17-3-1-14(2-4-17)18-5-6-31-21-19(18)12-33(20(34)10-32-21)11-13-7-15(22(25,26)27)9-16(8-13)23(28,29)30/h1-9H,10-12H2,(H,31,32). The number of hydrogen-bond acceptors (Lipinski definition) is 3. The number of carbonyl (C=O) groups excluding carboxylic acids is 1. The number of alkyl halides is 6. The van der Waals surface area contributed by atoms with Crippen molar-refractivity contribution >= 4 is 11.7 Å². The van der Waals surface area contributed by atoms with Gasteiger partial charge >= 0.3 is 12.4 Å². The molecule has 4 nitrogen and oxygen atoms in total. The van der Waals surface area contributed by atoms with E-state index in [0.717, 1.165) is 4.90 Å². The molecular weight excluding hydrogens is 467 g/mol. The highest BCUT2D eigenvalue weighted by molar-refractivity contribution is 5.84. The summed E-state index contributed by atoms with van der Waals surface area (Å²) in [5.74, 6) is -0.643. The lowest BCUT2D eigenvalue weighted by Crippen LogP contribution is -2.32. The summed E-state index contributed by atoms with van der Waals surface area (Å²) in [4.78, 5) is 18.0. The van der Waals surface area contributed by atoms with Crippen LogP contribution in [0.4, 0.5) is 36.6 Å². The third-order valence-corrected chi connectivity index (χ3v) is 5.34. The van der Waals surface area contributed by atoms with Crippen molar-refractivity contribution in [3.8, 4) is 11.1 Å². The second-order valence-electron chi connectivity index (χ2n) is 7.71. The number of amides is 1. The van der Waals surface area contributed by atoms with Crippen LogP contribution in [0.5, 0.6) is 0 Å². The third kappa shape index (κ3) is 4.97. The molecule has 0 saturated heterocycles. The number of pyridine rings is 1. The van der Waals surface area contributed by atoms with Crippen molar-refractivity contribution in [1.82, 2.24) is 9.88 Å². The molecule has 1 aliphatic heterocycles. The molecule has 178 valence electrons. The van der Waals surface area contributed by atoms with Gasteiger partial charge in [-0.3, -0.25) is 4.79 Å². The van der Waals surface area contributed by atoms with E-state index in [0.29, 0.717) is 34.6 Å². The first-order valence-electron chi connectivity index (χ1n) is 9.95. The molecule has 1 N–H and O–H groups in total. The largest absolute Gasteiger partial charge is 0.416 e. The minimum absolute atomic E-state index is 0.0428. The Hall–Kier alpha value is -3.63. The number of aromatic nitrogens is 1. The van der Waals surface area contributed by atoms with E-state index in [9.17, 15) is 35.5 Å². The highest BCUT2D eigenvalue weighted by atomic mass is 19.4. The van der Waals surface area contributed by atoms with Crippen LogP contribution in [0, 0.1) is 5.82 Å². The Morgan fingerprint density at radius 2 is 1.53 bits per heavy atom. The summed E-state index contributed by atoms with van der Waals surface area (Å²) in [6.45, 7) is -0.859. The summed E-state index contributed by atoms with van der Waals surface area (Å²) in [6, 6.07) is 8.41. The number of halogens is 7. The first kappa shape index (κ1) is 23.5. The van der Waals surface area contributed by atoms with E-state index < -0.39 is 41.7 Å². The van der Waals surface area contributed by atoms with Gasteiger partial charge in [-0.2, -0.15) is 26.3 Å². The maximum absolute atomic E-state index is 13.4. The number of carbonyl (C=O) groups is 1. The normalized spacial score (nSPS) is 14.4. The molecule has 11 heteroatoms. The molecular formula is C23H16F7N3O. The predicted octanol–water partition coefficient (Wildman–Crippen LogP) is 5.88. The Labute approximate surface area is 189 Å². The third-order valence-electron chi connectivity index (χ3n) is 5.34. The summed E-state index contributed by atoms with van der Waals surface area (Å²) in [7, 11) is 0. The molecule has 2 aromatic carbocycles. The number of hydrogen-bond donors (Lipinski definition) is 1. The first-order valence-corrected chi connectivity index (χ1v) is 9.95. The average Bonchev–Trinajstić information content (AvgIpc) is 2.92. The van der Waals surface area contributed by atoms with Gasteiger partial charge in [-0.1, -0.05) is 12.1 Å². The van der Waals surface area contributed by atoms with Crippen molar-refractivity contribution < 1.29 is 35.5 Å². The topological polar surface area (TPSA) is 45.2 Å². The Morgan fingerprint density at radius 3 is 2.12 bits per heavy atom. The van der Waals surface area contributed by atoms with Gasteiger partial charge in [0, 0.05) is 18.3 Å². The maximum Gasteiger partial charge on any atom is 0.416 e. The van der Waals surface area contributed by atoms with Crippen LogP contribution < -0.4 is 5.32 Å².